The first-order valence-electron chi connectivity index (χ1n) is 9.54. The summed E-state index contributed by atoms with van der Waals surface area (Å²) in [5.74, 6) is 0. The van der Waals surface area contributed by atoms with Gasteiger partial charge in [0, 0.05) is 17.9 Å². The summed E-state index contributed by atoms with van der Waals surface area (Å²) in [5, 5.41) is 3.47. The molecular formula is C21H24F3N3S. The molecule has 150 valence electrons. The number of rotatable bonds is 4. The highest BCUT2D eigenvalue weighted by atomic mass is 32.1. The molecule has 0 amide bonds. The van der Waals surface area contributed by atoms with Crippen LogP contribution in [0.25, 0.3) is 0 Å². The van der Waals surface area contributed by atoms with Gasteiger partial charge in [-0.2, -0.15) is 13.2 Å². The molecule has 1 N–H and O–H groups in total. The first-order valence-corrected chi connectivity index (χ1v) is 9.94. The molecule has 1 aromatic heterocycles. The van der Waals surface area contributed by atoms with Crippen molar-refractivity contribution in [3.8, 4) is 0 Å². The molecule has 7 heteroatoms. The second-order valence-electron chi connectivity index (χ2n) is 7.14. The third-order valence-electron chi connectivity index (χ3n) is 5.18. The van der Waals surface area contributed by atoms with Gasteiger partial charge >= 0.3 is 6.18 Å². The number of hydrogen-bond acceptors (Lipinski definition) is 2. The van der Waals surface area contributed by atoms with Gasteiger partial charge in [-0.3, -0.25) is 4.98 Å². The molecule has 1 aliphatic rings. The highest BCUT2D eigenvalue weighted by Gasteiger charge is 2.31. The van der Waals surface area contributed by atoms with E-state index in [1.54, 1.807) is 12.3 Å². The average molecular weight is 408 g/mol. The molecule has 2 aromatic rings. The van der Waals surface area contributed by atoms with Gasteiger partial charge < -0.3 is 10.2 Å². The second-order valence-corrected chi connectivity index (χ2v) is 7.53. The van der Waals surface area contributed by atoms with E-state index >= 15 is 0 Å². The predicted molar refractivity (Wildman–Crippen MR) is 109 cm³/mol. The Hall–Kier alpha value is -2.15. The van der Waals surface area contributed by atoms with Crippen LogP contribution in [-0.4, -0.2) is 21.0 Å². The highest BCUT2D eigenvalue weighted by molar-refractivity contribution is 7.80. The number of anilines is 1. The van der Waals surface area contributed by atoms with Gasteiger partial charge in [-0.05, 0) is 62.3 Å². The summed E-state index contributed by atoms with van der Waals surface area (Å²) in [6, 6.07) is 11.1. The molecule has 3 rings (SSSR count). The topological polar surface area (TPSA) is 28.2 Å². The van der Waals surface area contributed by atoms with Crippen LogP contribution >= 0.6 is 12.2 Å². The fourth-order valence-corrected chi connectivity index (χ4v) is 4.17. The fraction of sp³-hybridized carbons (Fsp3) is 0.429. The number of alkyl halides is 3. The van der Waals surface area contributed by atoms with Gasteiger partial charge in [0.25, 0.3) is 0 Å². The molecule has 0 unspecified atom stereocenters. The van der Waals surface area contributed by atoms with Gasteiger partial charge in [0.2, 0.25) is 0 Å². The van der Waals surface area contributed by atoms with E-state index in [0.29, 0.717) is 10.8 Å². The summed E-state index contributed by atoms with van der Waals surface area (Å²) in [5.41, 5.74) is 0.539. The summed E-state index contributed by atoms with van der Waals surface area (Å²) in [6.07, 6.45) is 2.85. The number of nitrogens with zero attached hydrogens (tertiary/aromatic N) is 2. The zero-order valence-electron chi connectivity index (χ0n) is 15.7. The Morgan fingerprint density at radius 1 is 1.14 bits per heavy atom. The molecule has 3 nitrogen and oxygen atoms in total. The molecule has 0 bridgehead atoms. The Bertz CT molecular complexity index is 789. The molecule has 1 fully saturated rings. The Balaban J connectivity index is 1.84. The number of halogens is 3. The van der Waals surface area contributed by atoms with Crippen molar-refractivity contribution in [2.24, 2.45) is 0 Å². The van der Waals surface area contributed by atoms with Crippen LogP contribution in [0.15, 0.2) is 48.7 Å². The molecule has 0 saturated heterocycles. The number of benzene rings is 1. The number of nitrogens with one attached hydrogen (secondary N) is 1. The van der Waals surface area contributed by atoms with Crippen LogP contribution < -0.4 is 5.32 Å². The Kier molecular flexibility index (Phi) is 6.54. The van der Waals surface area contributed by atoms with Crippen molar-refractivity contribution in [2.45, 2.75) is 57.3 Å². The zero-order valence-corrected chi connectivity index (χ0v) is 16.6. The monoisotopic (exact) mass is 407 g/mol. The van der Waals surface area contributed by atoms with E-state index in [9.17, 15) is 13.2 Å². The number of hydrogen-bond donors (Lipinski definition) is 1. The summed E-state index contributed by atoms with van der Waals surface area (Å²) in [4.78, 5) is 6.56. The van der Waals surface area contributed by atoms with Gasteiger partial charge in [0.05, 0.1) is 17.3 Å². The van der Waals surface area contributed by atoms with Crippen LogP contribution in [0.4, 0.5) is 18.9 Å². The maximum absolute atomic E-state index is 13.0. The van der Waals surface area contributed by atoms with E-state index in [1.165, 1.54) is 12.5 Å². The Morgan fingerprint density at radius 2 is 1.89 bits per heavy atom. The standard InChI is InChI=1S/C21H24F3N3S/c1-15(19-12-5-6-13-25-19)27(18-10-3-2-4-11-18)20(28)26-17-9-7-8-16(14-17)21(22,23)24/h5-9,12-15,18H,2-4,10-11H2,1H3,(H,26,28)/t15-/m0/s1. The Morgan fingerprint density at radius 3 is 2.54 bits per heavy atom. The largest absolute Gasteiger partial charge is 0.416 e. The van der Waals surface area contributed by atoms with Gasteiger partial charge in [0.15, 0.2) is 5.11 Å². The lowest BCUT2D eigenvalue weighted by molar-refractivity contribution is -0.137. The van der Waals surface area contributed by atoms with Crippen LogP contribution in [-0.2, 0) is 6.18 Å². The third kappa shape index (κ3) is 5.01. The SMILES string of the molecule is C[C@@H](c1ccccn1)N(C(=S)Nc1cccc(C(F)(F)F)c1)C1CCCCC1. The molecule has 1 atom stereocenters. The minimum absolute atomic E-state index is 0.0740. The minimum Gasteiger partial charge on any atom is -0.338 e. The first-order chi connectivity index (χ1) is 13.4. The molecular weight excluding hydrogens is 383 g/mol. The molecule has 1 aromatic carbocycles. The summed E-state index contributed by atoms with van der Waals surface area (Å²) in [6.45, 7) is 2.04. The average Bonchev–Trinajstić information content (AvgIpc) is 2.69. The second kappa shape index (κ2) is 8.90. The summed E-state index contributed by atoms with van der Waals surface area (Å²) in [7, 11) is 0. The summed E-state index contributed by atoms with van der Waals surface area (Å²) >= 11 is 5.66. The normalized spacial score (nSPS) is 16.4. The van der Waals surface area contributed by atoms with Gasteiger partial charge in [0.1, 0.15) is 0 Å². The molecule has 28 heavy (non-hydrogen) atoms. The first kappa shape index (κ1) is 20.6. The van der Waals surface area contributed by atoms with Crippen molar-refractivity contribution in [3.63, 3.8) is 0 Å². The van der Waals surface area contributed by atoms with Gasteiger partial charge in [-0.15, -0.1) is 0 Å². The quantitative estimate of drug-likeness (QED) is 0.612. The summed E-state index contributed by atoms with van der Waals surface area (Å²) < 4.78 is 39.1. The lowest BCUT2D eigenvalue weighted by Crippen LogP contribution is -2.45. The number of aromatic nitrogens is 1. The van der Waals surface area contributed by atoms with E-state index in [-0.39, 0.29) is 12.1 Å². The molecule has 0 radical (unpaired) electrons. The van der Waals surface area contributed by atoms with Crippen molar-refractivity contribution in [3.05, 3.63) is 59.9 Å². The van der Waals surface area contributed by atoms with Crippen molar-refractivity contribution in [2.75, 3.05) is 5.32 Å². The lowest BCUT2D eigenvalue weighted by Gasteiger charge is -2.40. The van der Waals surface area contributed by atoms with E-state index < -0.39 is 11.7 Å². The van der Waals surface area contributed by atoms with Crippen molar-refractivity contribution in [1.82, 2.24) is 9.88 Å². The van der Waals surface area contributed by atoms with Crippen LogP contribution in [0.2, 0.25) is 0 Å². The van der Waals surface area contributed by atoms with Crippen LogP contribution in [0.5, 0.6) is 0 Å². The molecule has 0 spiro atoms. The maximum Gasteiger partial charge on any atom is 0.416 e. The highest BCUT2D eigenvalue weighted by Crippen LogP contribution is 2.32. The van der Waals surface area contributed by atoms with Gasteiger partial charge in [-0.1, -0.05) is 31.4 Å². The van der Waals surface area contributed by atoms with E-state index in [1.807, 2.05) is 25.1 Å². The third-order valence-corrected chi connectivity index (χ3v) is 5.49. The van der Waals surface area contributed by atoms with Crippen LogP contribution in [0.3, 0.4) is 0 Å². The lowest BCUT2D eigenvalue weighted by atomic mass is 9.93. The Labute approximate surface area is 169 Å². The molecule has 1 aliphatic carbocycles. The maximum atomic E-state index is 13.0. The molecule has 1 heterocycles. The van der Waals surface area contributed by atoms with Crippen LogP contribution in [0, 0.1) is 0 Å². The van der Waals surface area contributed by atoms with E-state index in [0.717, 1.165) is 43.5 Å². The van der Waals surface area contributed by atoms with Crippen molar-refractivity contribution < 1.29 is 13.2 Å². The fourth-order valence-electron chi connectivity index (χ4n) is 3.74. The predicted octanol–water partition coefficient (Wildman–Crippen LogP) is 6.19. The molecule has 0 aliphatic heterocycles. The van der Waals surface area contributed by atoms with E-state index in [2.05, 4.69) is 15.2 Å². The number of thiocarbonyl (C=S) groups is 1. The van der Waals surface area contributed by atoms with E-state index in [4.69, 9.17) is 12.2 Å². The number of pyridine rings is 1. The zero-order chi connectivity index (χ0) is 20.1. The minimum atomic E-state index is -4.39. The smallest absolute Gasteiger partial charge is 0.338 e. The van der Waals surface area contributed by atoms with Crippen LogP contribution in [0.1, 0.15) is 56.3 Å². The molecule has 1 saturated carbocycles. The van der Waals surface area contributed by atoms with Gasteiger partial charge in [-0.25, -0.2) is 0 Å². The van der Waals surface area contributed by atoms with Crippen molar-refractivity contribution in [1.29, 1.82) is 0 Å². The van der Waals surface area contributed by atoms with Crippen molar-refractivity contribution >= 4 is 23.0 Å².